The average molecular weight is 739 g/mol. The van der Waals surface area contributed by atoms with E-state index in [1.807, 2.05) is 84.9 Å². The minimum atomic E-state index is -0.776. The maximum absolute atomic E-state index is 9.99. The molecule has 0 aliphatic carbocycles. The van der Waals surface area contributed by atoms with Crippen molar-refractivity contribution in [1.29, 1.82) is 0 Å². The standard InChI is InChI=1S/C54H35N3/c1-2-15-36(16-3-1)37-17-12-18-38(33-37)39-19-13-20-40(34-39)56-50-28-10-6-23-44(50)46-25-14-30-53(54(46)56)57-51-29-11-7-24-45(51)47-35-41(31-32-52(47)57)55-48-26-8-4-21-42(48)43-22-5-9-27-49(43)55/h1-35H/i1D,2D,3D,12D,13D,15D,16D,17D,18D,19D,20D,33D,34D. The highest BCUT2D eigenvalue weighted by molar-refractivity contribution is 6.16. The van der Waals surface area contributed by atoms with Gasteiger partial charge in [0.15, 0.2) is 0 Å². The molecule has 3 aromatic heterocycles. The summed E-state index contributed by atoms with van der Waals surface area (Å²) in [6.45, 7) is 0. The minimum absolute atomic E-state index is 0.145. The second-order valence-corrected chi connectivity index (χ2v) is 13.9. The third kappa shape index (κ3) is 4.79. The van der Waals surface area contributed by atoms with Crippen molar-refractivity contribution in [3.63, 3.8) is 0 Å². The van der Waals surface area contributed by atoms with E-state index in [0.717, 1.165) is 60.1 Å². The number of hydrogen-bond donors (Lipinski definition) is 0. The zero-order valence-electron chi connectivity index (χ0n) is 43.0. The van der Waals surface area contributed by atoms with Crippen LogP contribution in [0.5, 0.6) is 0 Å². The fourth-order valence-electron chi connectivity index (χ4n) is 8.51. The van der Waals surface area contributed by atoms with Crippen molar-refractivity contribution in [1.82, 2.24) is 13.7 Å². The summed E-state index contributed by atoms with van der Waals surface area (Å²) in [6, 6.07) is 35.5. The Morgan fingerprint density at radius 2 is 0.807 bits per heavy atom. The predicted octanol–water partition coefficient (Wildman–Crippen LogP) is 14.3. The molecule has 0 N–H and O–H groups in total. The molecule has 9 aromatic carbocycles. The smallest absolute Gasteiger partial charge is 0.0782 e. The number of para-hydroxylation sites is 5. The van der Waals surface area contributed by atoms with Gasteiger partial charge >= 0.3 is 0 Å². The van der Waals surface area contributed by atoms with Crippen LogP contribution in [0.15, 0.2) is 212 Å². The van der Waals surface area contributed by atoms with Gasteiger partial charge in [0.2, 0.25) is 0 Å². The first-order valence-electron chi connectivity index (χ1n) is 25.1. The molecule has 0 aliphatic heterocycles. The van der Waals surface area contributed by atoms with Crippen LogP contribution in [0.3, 0.4) is 0 Å². The lowest BCUT2D eigenvalue weighted by Crippen LogP contribution is -2.01. The molecule has 0 fully saturated rings. The third-order valence-corrected chi connectivity index (χ3v) is 10.9. The van der Waals surface area contributed by atoms with Gasteiger partial charge in [-0.15, -0.1) is 0 Å². The molecule has 0 radical (unpaired) electrons. The van der Waals surface area contributed by atoms with Crippen LogP contribution < -0.4 is 0 Å². The van der Waals surface area contributed by atoms with Crippen LogP contribution in [0.25, 0.3) is 105 Å². The Hall–Kier alpha value is -7.62. The van der Waals surface area contributed by atoms with Crippen LogP contribution in [-0.4, -0.2) is 13.7 Å². The van der Waals surface area contributed by atoms with Gasteiger partial charge in [0.05, 0.1) is 56.6 Å². The molecule has 0 spiro atoms. The minimum Gasteiger partial charge on any atom is -0.309 e. The predicted molar refractivity (Wildman–Crippen MR) is 240 cm³/mol. The Balaban J connectivity index is 1.16. The molecule has 57 heavy (non-hydrogen) atoms. The molecule has 0 atom stereocenters. The molecule has 12 aromatic rings. The van der Waals surface area contributed by atoms with E-state index in [4.69, 9.17) is 11.0 Å². The first kappa shape index (κ1) is 21.5. The van der Waals surface area contributed by atoms with Gasteiger partial charge in [0, 0.05) is 43.7 Å². The topological polar surface area (TPSA) is 14.8 Å². The Kier molecular flexibility index (Phi) is 4.69. The van der Waals surface area contributed by atoms with Crippen molar-refractivity contribution in [2.24, 2.45) is 0 Å². The molecule has 266 valence electrons. The molecule has 0 aliphatic rings. The fraction of sp³-hybridized carbons (Fsp3) is 0. The van der Waals surface area contributed by atoms with E-state index in [1.54, 1.807) is 4.57 Å². The number of fused-ring (bicyclic) bond motifs is 9. The first-order valence-corrected chi connectivity index (χ1v) is 18.6. The number of nitrogens with zero attached hydrogens (tertiary/aromatic N) is 3. The van der Waals surface area contributed by atoms with Crippen LogP contribution in [0, 0.1) is 0 Å². The van der Waals surface area contributed by atoms with Crippen LogP contribution in [-0.2, 0) is 0 Å². The maximum Gasteiger partial charge on any atom is 0.0782 e. The van der Waals surface area contributed by atoms with Crippen molar-refractivity contribution in [3.8, 4) is 39.3 Å². The molecule has 3 nitrogen and oxygen atoms in total. The zero-order valence-corrected chi connectivity index (χ0v) is 30.0. The van der Waals surface area contributed by atoms with Crippen molar-refractivity contribution in [2.75, 3.05) is 0 Å². The number of hydrogen-bond acceptors (Lipinski definition) is 0. The SMILES string of the molecule is [2H]c1c([2H])c([2H])c(-c2c([2H])c([2H])c([2H])c(-c3c([2H])c([2H])c([2H])c(-n4c5ccccc5c5cccc(-n6c7ccccc7c7cc(-n8c9ccccc9c9ccccc98)ccc76)c54)c3[2H])c2[2H])c([2H])c1[2H]. The summed E-state index contributed by atoms with van der Waals surface area (Å²) in [4.78, 5) is 0. The highest BCUT2D eigenvalue weighted by Crippen LogP contribution is 2.41. The quantitative estimate of drug-likeness (QED) is 0.167. The number of rotatable bonds is 5. The highest BCUT2D eigenvalue weighted by atomic mass is 15.1. The van der Waals surface area contributed by atoms with Gasteiger partial charge in [-0.2, -0.15) is 0 Å². The first-order chi connectivity index (χ1) is 33.7. The second kappa shape index (κ2) is 12.5. The summed E-state index contributed by atoms with van der Waals surface area (Å²) in [5, 5.41) is 5.73. The summed E-state index contributed by atoms with van der Waals surface area (Å²) in [6.07, 6.45) is 0. The lowest BCUT2D eigenvalue weighted by atomic mass is 9.99. The molecule has 0 amide bonds. The van der Waals surface area contributed by atoms with Gasteiger partial charge in [0.1, 0.15) is 0 Å². The van der Waals surface area contributed by atoms with Gasteiger partial charge in [0.25, 0.3) is 0 Å². The molecule has 3 heterocycles. The van der Waals surface area contributed by atoms with E-state index >= 15 is 0 Å². The van der Waals surface area contributed by atoms with Crippen LogP contribution in [0.1, 0.15) is 17.8 Å². The van der Waals surface area contributed by atoms with Gasteiger partial charge in [-0.3, -0.25) is 0 Å². The summed E-state index contributed by atoms with van der Waals surface area (Å²) in [7, 11) is 0. The van der Waals surface area contributed by atoms with E-state index in [2.05, 4.69) is 57.7 Å². The average Bonchev–Trinajstić information content (AvgIpc) is 4.01. The fourth-order valence-corrected chi connectivity index (χ4v) is 8.51. The van der Waals surface area contributed by atoms with Crippen LogP contribution >= 0.6 is 0 Å². The van der Waals surface area contributed by atoms with Crippen molar-refractivity contribution < 1.29 is 17.8 Å². The molecule has 3 heteroatoms. The highest BCUT2D eigenvalue weighted by Gasteiger charge is 2.21. The molecule has 0 bridgehead atoms. The van der Waals surface area contributed by atoms with Gasteiger partial charge in [-0.05, 0) is 88.9 Å². The van der Waals surface area contributed by atoms with E-state index in [0.29, 0.717) is 16.7 Å². The summed E-state index contributed by atoms with van der Waals surface area (Å²) in [5.74, 6) is 0. The van der Waals surface area contributed by atoms with Crippen molar-refractivity contribution >= 4 is 65.4 Å². The van der Waals surface area contributed by atoms with Crippen LogP contribution in [0.4, 0.5) is 0 Å². The summed E-state index contributed by atoms with van der Waals surface area (Å²) < 4.78 is 123. The van der Waals surface area contributed by atoms with E-state index < -0.39 is 101 Å². The van der Waals surface area contributed by atoms with Gasteiger partial charge < -0.3 is 13.7 Å². The molecule has 12 rings (SSSR count). The van der Waals surface area contributed by atoms with E-state index in [1.165, 1.54) is 0 Å². The molecule has 0 saturated carbocycles. The molecule has 0 saturated heterocycles. The Morgan fingerprint density at radius 3 is 1.49 bits per heavy atom. The molecule has 0 unspecified atom stereocenters. The Labute approximate surface area is 347 Å². The van der Waals surface area contributed by atoms with Gasteiger partial charge in [-0.25, -0.2) is 0 Å². The van der Waals surface area contributed by atoms with Crippen molar-refractivity contribution in [3.05, 3.63) is 212 Å². The normalized spacial score (nSPS) is 15.1. The lowest BCUT2D eigenvalue weighted by molar-refractivity contribution is 1.13. The number of aromatic nitrogens is 3. The Bertz CT molecular complexity index is 4220. The van der Waals surface area contributed by atoms with Gasteiger partial charge in [-0.1, -0.05) is 145 Å². The second-order valence-electron chi connectivity index (χ2n) is 13.9. The number of benzene rings is 9. The lowest BCUT2D eigenvalue weighted by Gasteiger charge is -2.15. The van der Waals surface area contributed by atoms with Crippen LogP contribution in [0.2, 0.25) is 0 Å². The van der Waals surface area contributed by atoms with E-state index in [9.17, 15) is 6.85 Å². The maximum atomic E-state index is 9.99. The summed E-state index contributed by atoms with van der Waals surface area (Å²) >= 11 is 0. The molecular weight excluding hydrogens is 691 g/mol. The van der Waals surface area contributed by atoms with E-state index in [-0.39, 0.29) is 5.69 Å². The monoisotopic (exact) mass is 738 g/mol. The third-order valence-electron chi connectivity index (χ3n) is 10.9. The van der Waals surface area contributed by atoms with Crippen molar-refractivity contribution in [2.45, 2.75) is 0 Å². The summed E-state index contributed by atoms with van der Waals surface area (Å²) in [5.41, 5.74) is 4.42. The molecular formula is C54H35N3. The largest absolute Gasteiger partial charge is 0.309 e. The zero-order chi connectivity index (χ0) is 48.8. The Morgan fingerprint density at radius 1 is 0.316 bits per heavy atom.